The smallest absolute Gasteiger partial charge is 0.251 e. The minimum Gasteiger partial charge on any atom is -0.389 e. The number of aromatic nitrogens is 1. The fourth-order valence-corrected chi connectivity index (χ4v) is 2.53. The number of hydrogen-bond acceptors (Lipinski definition) is 9. The molecule has 0 radical (unpaired) electrons. The maximum absolute atomic E-state index is 11.9. The van der Waals surface area contributed by atoms with Crippen LogP contribution >= 0.6 is 0 Å². The molecule has 2 heterocycles. The topological polar surface area (TPSA) is 112 Å². The second-order valence-electron chi connectivity index (χ2n) is 6.72. The Bertz CT molecular complexity index is 916. The van der Waals surface area contributed by atoms with Gasteiger partial charge in [0.2, 0.25) is 0 Å². The molecule has 10 heteroatoms. The van der Waals surface area contributed by atoms with Crippen LogP contribution < -0.4 is 16.4 Å². The van der Waals surface area contributed by atoms with Gasteiger partial charge in [-0.1, -0.05) is 41.6 Å². The zero-order valence-electron chi connectivity index (χ0n) is 17.1. The van der Waals surface area contributed by atoms with Gasteiger partial charge in [0, 0.05) is 12.6 Å². The fraction of sp³-hybridized carbons (Fsp3) is 0.300. The predicted molar refractivity (Wildman–Crippen MR) is 113 cm³/mol. The molecule has 0 fully saturated rings. The van der Waals surface area contributed by atoms with Crippen molar-refractivity contribution in [2.24, 2.45) is 10.3 Å². The Balaban J connectivity index is 1.66. The van der Waals surface area contributed by atoms with Gasteiger partial charge in [-0.05, 0) is 26.0 Å². The Morgan fingerprint density at radius 1 is 1.20 bits per heavy atom. The third-order valence-corrected chi connectivity index (χ3v) is 3.95. The van der Waals surface area contributed by atoms with Gasteiger partial charge in [0.25, 0.3) is 5.91 Å². The van der Waals surface area contributed by atoms with Crippen molar-refractivity contribution in [3.63, 3.8) is 0 Å². The summed E-state index contributed by atoms with van der Waals surface area (Å²) in [6, 6.07) is 14.9. The van der Waals surface area contributed by atoms with E-state index in [9.17, 15) is 4.79 Å². The quantitative estimate of drug-likeness (QED) is 0.425. The van der Waals surface area contributed by atoms with Gasteiger partial charge < -0.3 is 14.9 Å². The number of carbonyl (C=O) groups excluding carboxylic acids is 1. The van der Waals surface area contributed by atoms with Crippen LogP contribution in [-0.2, 0) is 21.0 Å². The van der Waals surface area contributed by atoms with Crippen molar-refractivity contribution in [2.75, 3.05) is 19.0 Å². The number of rotatable bonds is 9. The number of hydrazone groups is 1. The fourth-order valence-electron chi connectivity index (χ4n) is 2.53. The van der Waals surface area contributed by atoms with E-state index in [0.717, 1.165) is 5.56 Å². The largest absolute Gasteiger partial charge is 0.389 e. The molecule has 10 nitrogen and oxygen atoms in total. The summed E-state index contributed by atoms with van der Waals surface area (Å²) in [5, 5.41) is 12.9. The molecule has 1 amide bonds. The normalized spacial score (nSPS) is 13.8. The average Bonchev–Trinajstić information content (AvgIpc) is 3.16. The lowest BCUT2D eigenvalue weighted by Gasteiger charge is -2.14. The molecule has 0 bridgehead atoms. The van der Waals surface area contributed by atoms with Crippen LogP contribution in [0, 0.1) is 0 Å². The lowest BCUT2D eigenvalue weighted by Crippen LogP contribution is -2.40. The number of pyridine rings is 1. The van der Waals surface area contributed by atoms with E-state index < -0.39 is 0 Å². The van der Waals surface area contributed by atoms with Gasteiger partial charge in [0.1, 0.15) is 12.4 Å². The molecule has 1 aromatic carbocycles. The maximum Gasteiger partial charge on any atom is 0.251 e. The van der Waals surface area contributed by atoms with E-state index in [4.69, 9.17) is 9.57 Å². The van der Waals surface area contributed by atoms with Crippen LogP contribution in [-0.4, -0.2) is 47.2 Å². The molecule has 30 heavy (non-hydrogen) atoms. The van der Waals surface area contributed by atoms with Gasteiger partial charge in [-0.15, -0.1) is 10.6 Å². The highest BCUT2D eigenvalue weighted by Gasteiger charge is 2.21. The first kappa shape index (κ1) is 21.2. The van der Waals surface area contributed by atoms with Crippen molar-refractivity contribution in [1.29, 1.82) is 0 Å². The SMILES string of the molecule is CC(C)OCC(=O)Nc1cccc(CO/N=C(\C2=NNNN2C)c2ccccc2)n1. The minimum atomic E-state index is -0.263. The highest BCUT2D eigenvalue weighted by atomic mass is 16.6. The summed E-state index contributed by atoms with van der Waals surface area (Å²) in [6.45, 7) is 3.84. The van der Waals surface area contributed by atoms with Crippen LogP contribution in [0.4, 0.5) is 5.82 Å². The van der Waals surface area contributed by atoms with Gasteiger partial charge in [-0.3, -0.25) is 9.80 Å². The Hall–Kier alpha value is -3.50. The number of benzene rings is 1. The van der Waals surface area contributed by atoms with Crippen molar-refractivity contribution in [3.05, 3.63) is 59.8 Å². The number of amides is 1. The number of ether oxygens (including phenoxy) is 1. The Labute approximate surface area is 174 Å². The maximum atomic E-state index is 11.9. The van der Waals surface area contributed by atoms with Crippen molar-refractivity contribution in [2.45, 2.75) is 26.6 Å². The third-order valence-electron chi connectivity index (χ3n) is 3.95. The molecular formula is C20H25N7O3. The molecule has 0 unspecified atom stereocenters. The molecule has 0 saturated heterocycles. The standard InChI is InChI=1S/C20H25N7O3/c1-14(2)29-13-18(28)22-17-11-7-10-16(21-17)12-30-24-19(15-8-5-4-6-9-15)20-23-25-26-27(20)3/h4-11,14,25-26H,12-13H2,1-3H3,(H,21,22,28)/b24-19-. The van der Waals surface area contributed by atoms with E-state index in [-0.39, 0.29) is 25.2 Å². The van der Waals surface area contributed by atoms with Crippen LogP contribution in [0.3, 0.4) is 0 Å². The van der Waals surface area contributed by atoms with Crippen LogP contribution in [0.25, 0.3) is 0 Å². The Morgan fingerprint density at radius 2 is 2.00 bits per heavy atom. The first-order chi connectivity index (χ1) is 14.5. The molecule has 0 aliphatic carbocycles. The summed E-state index contributed by atoms with van der Waals surface area (Å²) in [4.78, 5) is 21.8. The summed E-state index contributed by atoms with van der Waals surface area (Å²) in [6.07, 6.45) is -0.0194. The molecule has 3 N–H and O–H groups in total. The number of nitrogens with one attached hydrogen (secondary N) is 3. The molecule has 3 rings (SSSR count). The lowest BCUT2D eigenvalue weighted by atomic mass is 10.1. The molecule has 2 aromatic rings. The summed E-state index contributed by atoms with van der Waals surface area (Å²) in [7, 11) is 1.81. The highest BCUT2D eigenvalue weighted by Crippen LogP contribution is 2.10. The molecule has 158 valence electrons. The van der Waals surface area contributed by atoms with Crippen LogP contribution in [0.5, 0.6) is 0 Å². The minimum absolute atomic E-state index is 0.0194. The highest BCUT2D eigenvalue weighted by molar-refractivity contribution is 6.47. The lowest BCUT2D eigenvalue weighted by molar-refractivity contribution is -0.121. The van der Waals surface area contributed by atoms with Crippen LogP contribution in [0.1, 0.15) is 25.1 Å². The zero-order valence-corrected chi connectivity index (χ0v) is 17.1. The molecular weight excluding hydrogens is 386 g/mol. The van der Waals surface area contributed by atoms with E-state index in [2.05, 4.69) is 31.6 Å². The number of oxime groups is 1. The number of anilines is 1. The van der Waals surface area contributed by atoms with Gasteiger partial charge in [-0.2, -0.15) is 0 Å². The molecule has 1 aliphatic rings. The molecule has 1 aromatic heterocycles. The van der Waals surface area contributed by atoms with E-state index >= 15 is 0 Å². The third kappa shape index (κ3) is 6.00. The van der Waals surface area contributed by atoms with E-state index in [0.29, 0.717) is 23.1 Å². The first-order valence-electron chi connectivity index (χ1n) is 9.48. The van der Waals surface area contributed by atoms with E-state index in [1.807, 2.05) is 51.2 Å². The van der Waals surface area contributed by atoms with Crippen molar-refractivity contribution in [3.8, 4) is 0 Å². The van der Waals surface area contributed by atoms with E-state index in [1.165, 1.54) is 0 Å². The summed E-state index contributed by atoms with van der Waals surface area (Å²) < 4.78 is 5.29. The second kappa shape index (κ2) is 10.3. The zero-order chi connectivity index (χ0) is 21.3. The van der Waals surface area contributed by atoms with Crippen LogP contribution in [0.2, 0.25) is 0 Å². The van der Waals surface area contributed by atoms with Gasteiger partial charge in [0.15, 0.2) is 18.2 Å². The van der Waals surface area contributed by atoms with Gasteiger partial charge in [0.05, 0.1) is 11.8 Å². The molecule has 0 atom stereocenters. The Morgan fingerprint density at radius 3 is 2.70 bits per heavy atom. The number of carbonyl (C=O) groups is 1. The van der Waals surface area contributed by atoms with Crippen molar-refractivity contribution >= 4 is 23.3 Å². The second-order valence-corrected chi connectivity index (χ2v) is 6.72. The number of likely N-dealkylation sites (N-methyl/N-ethyl adjacent to an activating group) is 1. The number of hydrogen-bond donors (Lipinski definition) is 3. The number of amidine groups is 1. The van der Waals surface area contributed by atoms with Crippen LogP contribution in [0.15, 0.2) is 58.8 Å². The van der Waals surface area contributed by atoms with E-state index in [1.54, 1.807) is 23.2 Å². The number of hydrazine groups is 2. The number of nitrogens with zero attached hydrogens (tertiary/aromatic N) is 4. The van der Waals surface area contributed by atoms with Gasteiger partial charge >= 0.3 is 0 Å². The van der Waals surface area contributed by atoms with Crippen molar-refractivity contribution < 1.29 is 14.4 Å². The molecule has 1 aliphatic heterocycles. The summed E-state index contributed by atoms with van der Waals surface area (Å²) in [5.41, 5.74) is 7.57. The first-order valence-corrected chi connectivity index (χ1v) is 9.48. The van der Waals surface area contributed by atoms with Gasteiger partial charge in [-0.25, -0.2) is 10.5 Å². The average molecular weight is 411 g/mol. The van der Waals surface area contributed by atoms with Crippen molar-refractivity contribution in [1.82, 2.24) is 21.1 Å². The molecule has 0 saturated carbocycles. The summed E-state index contributed by atoms with van der Waals surface area (Å²) in [5.74, 6) is 0.746. The Kier molecular flexibility index (Phi) is 7.30. The molecule has 0 spiro atoms. The predicted octanol–water partition coefficient (Wildman–Crippen LogP) is 1.63. The monoisotopic (exact) mass is 411 g/mol. The summed E-state index contributed by atoms with van der Waals surface area (Å²) >= 11 is 0.